The first-order valence-corrected chi connectivity index (χ1v) is 6.45. The van der Waals surface area contributed by atoms with E-state index >= 15 is 0 Å². The summed E-state index contributed by atoms with van der Waals surface area (Å²) in [7, 11) is 1.72. The molecule has 1 rings (SSSR count). The van der Waals surface area contributed by atoms with Crippen LogP contribution in [0.25, 0.3) is 0 Å². The van der Waals surface area contributed by atoms with Crippen molar-refractivity contribution >= 4 is 17.4 Å². The van der Waals surface area contributed by atoms with E-state index in [-0.39, 0.29) is 0 Å². The van der Waals surface area contributed by atoms with Crippen molar-refractivity contribution in [3.63, 3.8) is 0 Å². The summed E-state index contributed by atoms with van der Waals surface area (Å²) >= 11 is 5.84. The van der Waals surface area contributed by atoms with E-state index in [0.717, 1.165) is 24.5 Å². The van der Waals surface area contributed by atoms with Crippen molar-refractivity contribution in [2.75, 3.05) is 31.7 Å². The highest BCUT2D eigenvalue weighted by Crippen LogP contribution is 2.15. The molecular weight excluding hydrogens is 236 g/mol. The molecule has 0 amide bonds. The number of alkyl halides is 1. The number of nitrogens with zero attached hydrogens (tertiary/aromatic N) is 2. The molecule has 1 heterocycles. The van der Waals surface area contributed by atoms with Crippen molar-refractivity contribution in [1.82, 2.24) is 4.98 Å². The first-order valence-electron chi connectivity index (χ1n) is 5.92. The standard InChI is InChI=1S/C13H21ClN2O/c1-11(2)10-16(6-7-17-3)13-8-12(9-14)4-5-15-13/h4-5,8,11H,6-7,9-10H2,1-3H3. The van der Waals surface area contributed by atoms with Gasteiger partial charge in [0.15, 0.2) is 0 Å². The molecule has 0 aromatic carbocycles. The van der Waals surface area contributed by atoms with E-state index < -0.39 is 0 Å². The third-order valence-electron chi connectivity index (χ3n) is 2.44. The number of methoxy groups -OCH3 is 1. The molecule has 0 N–H and O–H groups in total. The van der Waals surface area contributed by atoms with Gasteiger partial charge in [-0.15, -0.1) is 11.6 Å². The maximum absolute atomic E-state index is 5.84. The zero-order valence-electron chi connectivity index (χ0n) is 10.8. The molecule has 0 spiro atoms. The maximum atomic E-state index is 5.84. The van der Waals surface area contributed by atoms with Gasteiger partial charge in [-0.1, -0.05) is 13.8 Å². The lowest BCUT2D eigenvalue weighted by molar-refractivity contribution is 0.204. The lowest BCUT2D eigenvalue weighted by atomic mass is 10.2. The van der Waals surface area contributed by atoms with E-state index in [9.17, 15) is 0 Å². The average molecular weight is 257 g/mol. The molecule has 0 saturated heterocycles. The third-order valence-corrected chi connectivity index (χ3v) is 2.75. The van der Waals surface area contributed by atoms with Crippen LogP contribution in [0.2, 0.25) is 0 Å². The highest BCUT2D eigenvalue weighted by atomic mass is 35.5. The molecule has 96 valence electrons. The summed E-state index contributed by atoms with van der Waals surface area (Å²) in [5.41, 5.74) is 1.10. The summed E-state index contributed by atoms with van der Waals surface area (Å²) in [5, 5.41) is 0. The molecular formula is C13H21ClN2O. The second-order valence-electron chi connectivity index (χ2n) is 4.49. The quantitative estimate of drug-likeness (QED) is 0.702. The van der Waals surface area contributed by atoms with E-state index in [1.807, 2.05) is 18.3 Å². The fourth-order valence-corrected chi connectivity index (χ4v) is 1.82. The van der Waals surface area contributed by atoms with Gasteiger partial charge in [-0.2, -0.15) is 0 Å². The lowest BCUT2D eigenvalue weighted by Gasteiger charge is -2.25. The van der Waals surface area contributed by atoms with Crippen LogP contribution in [0, 0.1) is 5.92 Å². The Kier molecular flexibility index (Phi) is 6.30. The molecule has 17 heavy (non-hydrogen) atoms. The van der Waals surface area contributed by atoms with Gasteiger partial charge < -0.3 is 9.64 Å². The fraction of sp³-hybridized carbons (Fsp3) is 0.615. The van der Waals surface area contributed by atoms with Crippen molar-refractivity contribution in [2.45, 2.75) is 19.7 Å². The van der Waals surface area contributed by atoms with Crippen LogP contribution in [0.4, 0.5) is 5.82 Å². The molecule has 0 atom stereocenters. The normalized spacial score (nSPS) is 10.9. The van der Waals surface area contributed by atoms with Crippen LogP contribution in [0.15, 0.2) is 18.3 Å². The molecule has 1 aromatic heterocycles. The maximum Gasteiger partial charge on any atom is 0.128 e. The van der Waals surface area contributed by atoms with E-state index in [0.29, 0.717) is 18.4 Å². The van der Waals surface area contributed by atoms with E-state index in [1.54, 1.807) is 7.11 Å². The van der Waals surface area contributed by atoms with E-state index in [1.165, 1.54) is 0 Å². The van der Waals surface area contributed by atoms with Crippen molar-refractivity contribution < 1.29 is 4.74 Å². The van der Waals surface area contributed by atoms with Crippen LogP contribution in [-0.2, 0) is 10.6 Å². The molecule has 0 fully saturated rings. The van der Waals surface area contributed by atoms with Crippen molar-refractivity contribution in [3.8, 4) is 0 Å². The Bertz CT molecular complexity index is 331. The number of ether oxygens (including phenoxy) is 1. The van der Waals surface area contributed by atoms with E-state index in [4.69, 9.17) is 16.3 Å². The van der Waals surface area contributed by atoms with Gasteiger partial charge in [0.05, 0.1) is 6.61 Å². The number of pyridine rings is 1. The Morgan fingerprint density at radius 3 is 2.82 bits per heavy atom. The number of anilines is 1. The summed E-state index contributed by atoms with van der Waals surface area (Å²) in [6.45, 7) is 6.94. The van der Waals surface area contributed by atoms with Crippen LogP contribution in [0.3, 0.4) is 0 Å². The SMILES string of the molecule is COCCN(CC(C)C)c1cc(CCl)ccn1. The summed E-state index contributed by atoms with van der Waals surface area (Å²) < 4.78 is 5.14. The number of hydrogen-bond donors (Lipinski definition) is 0. The highest BCUT2D eigenvalue weighted by molar-refractivity contribution is 6.17. The topological polar surface area (TPSA) is 25.4 Å². The second kappa shape index (κ2) is 7.51. The minimum Gasteiger partial charge on any atom is -0.383 e. The monoisotopic (exact) mass is 256 g/mol. The minimum atomic E-state index is 0.523. The van der Waals surface area contributed by atoms with Gasteiger partial charge >= 0.3 is 0 Å². The molecule has 0 aliphatic rings. The number of halogens is 1. The molecule has 0 bridgehead atoms. The largest absolute Gasteiger partial charge is 0.383 e. The van der Waals surface area contributed by atoms with Gasteiger partial charge in [0.25, 0.3) is 0 Å². The Morgan fingerprint density at radius 1 is 1.47 bits per heavy atom. The summed E-state index contributed by atoms with van der Waals surface area (Å²) in [6, 6.07) is 3.99. The predicted molar refractivity (Wildman–Crippen MR) is 72.7 cm³/mol. The molecule has 3 nitrogen and oxygen atoms in total. The van der Waals surface area contributed by atoms with Gasteiger partial charge in [-0.3, -0.25) is 0 Å². The molecule has 0 aliphatic carbocycles. The average Bonchev–Trinajstić information content (AvgIpc) is 2.34. The summed E-state index contributed by atoms with van der Waals surface area (Å²) in [6.07, 6.45) is 1.81. The molecule has 0 unspecified atom stereocenters. The highest BCUT2D eigenvalue weighted by Gasteiger charge is 2.10. The number of aromatic nitrogens is 1. The lowest BCUT2D eigenvalue weighted by Crippen LogP contribution is -2.31. The van der Waals surface area contributed by atoms with Crippen molar-refractivity contribution in [3.05, 3.63) is 23.9 Å². The van der Waals surface area contributed by atoms with Gasteiger partial charge in [-0.25, -0.2) is 4.98 Å². The third kappa shape index (κ3) is 4.92. The van der Waals surface area contributed by atoms with E-state index in [2.05, 4.69) is 23.7 Å². The number of rotatable bonds is 7. The summed E-state index contributed by atoms with van der Waals surface area (Å²) in [4.78, 5) is 6.65. The molecule has 0 radical (unpaired) electrons. The Labute approximate surface area is 109 Å². The Hall–Kier alpha value is -0.800. The Balaban J connectivity index is 2.78. The first-order chi connectivity index (χ1) is 8.17. The van der Waals surface area contributed by atoms with Crippen molar-refractivity contribution in [1.29, 1.82) is 0 Å². The fourth-order valence-electron chi connectivity index (χ4n) is 1.66. The minimum absolute atomic E-state index is 0.523. The van der Waals surface area contributed by atoms with Crippen LogP contribution in [0.5, 0.6) is 0 Å². The van der Waals surface area contributed by atoms with Crippen LogP contribution in [-0.4, -0.2) is 31.8 Å². The zero-order chi connectivity index (χ0) is 12.7. The van der Waals surface area contributed by atoms with Crippen LogP contribution in [0.1, 0.15) is 19.4 Å². The van der Waals surface area contributed by atoms with Gasteiger partial charge in [0.2, 0.25) is 0 Å². The van der Waals surface area contributed by atoms with Crippen LogP contribution >= 0.6 is 11.6 Å². The molecule has 1 aromatic rings. The smallest absolute Gasteiger partial charge is 0.128 e. The zero-order valence-corrected chi connectivity index (χ0v) is 11.6. The Morgan fingerprint density at radius 2 is 2.24 bits per heavy atom. The summed E-state index contributed by atoms with van der Waals surface area (Å²) in [5.74, 6) is 2.09. The molecule has 0 aliphatic heterocycles. The number of hydrogen-bond acceptors (Lipinski definition) is 3. The first kappa shape index (κ1) is 14.3. The van der Waals surface area contributed by atoms with Gasteiger partial charge in [-0.05, 0) is 23.6 Å². The second-order valence-corrected chi connectivity index (χ2v) is 4.76. The van der Waals surface area contributed by atoms with Crippen molar-refractivity contribution in [2.24, 2.45) is 5.92 Å². The van der Waals surface area contributed by atoms with Gasteiger partial charge in [0, 0.05) is 32.3 Å². The molecule has 0 saturated carbocycles. The van der Waals surface area contributed by atoms with Crippen LogP contribution < -0.4 is 4.90 Å². The van der Waals surface area contributed by atoms with Gasteiger partial charge in [0.1, 0.15) is 5.82 Å². The molecule has 4 heteroatoms. The predicted octanol–water partition coefficient (Wildman–Crippen LogP) is 2.93.